The predicted octanol–water partition coefficient (Wildman–Crippen LogP) is 0.862. The highest BCUT2D eigenvalue weighted by Crippen LogP contribution is 2.34. The average Bonchev–Trinajstić information content (AvgIpc) is 2.52. The molecule has 1 saturated heterocycles. The second-order valence-electron chi connectivity index (χ2n) is 3.66. The lowest BCUT2D eigenvalue weighted by Crippen LogP contribution is -2.28. The molecular formula is C10H13NO2S. The van der Waals surface area contributed by atoms with Crippen molar-refractivity contribution in [2.75, 3.05) is 13.1 Å². The largest absolute Gasteiger partial charge is 0.508 e. The summed E-state index contributed by atoms with van der Waals surface area (Å²) in [6, 6.07) is 5.05. The van der Waals surface area contributed by atoms with Gasteiger partial charge in [-0.25, -0.2) is 0 Å². The number of hydrogen-bond donors (Lipinski definition) is 4. The predicted molar refractivity (Wildman–Crippen MR) is 56.7 cm³/mol. The van der Waals surface area contributed by atoms with Crippen molar-refractivity contribution < 1.29 is 10.2 Å². The van der Waals surface area contributed by atoms with Crippen molar-refractivity contribution in [2.24, 2.45) is 0 Å². The van der Waals surface area contributed by atoms with Crippen LogP contribution in [0.2, 0.25) is 0 Å². The standard InChI is InChI=1S/C10H13NO2S/c12-9-5-7(14)1-2-8(9)10(13)3-4-11-6-10/h1-2,5,11-14H,3-4,6H2. The molecule has 1 aromatic rings. The van der Waals surface area contributed by atoms with Crippen LogP contribution < -0.4 is 5.32 Å². The van der Waals surface area contributed by atoms with Crippen LogP contribution in [0.15, 0.2) is 23.1 Å². The minimum Gasteiger partial charge on any atom is -0.508 e. The minimum atomic E-state index is -0.925. The zero-order valence-electron chi connectivity index (χ0n) is 7.70. The Morgan fingerprint density at radius 2 is 2.21 bits per heavy atom. The average molecular weight is 211 g/mol. The van der Waals surface area contributed by atoms with E-state index in [4.69, 9.17) is 0 Å². The molecule has 14 heavy (non-hydrogen) atoms. The van der Waals surface area contributed by atoms with Crippen molar-refractivity contribution in [1.29, 1.82) is 0 Å². The molecule has 1 fully saturated rings. The second kappa shape index (κ2) is 3.46. The highest BCUT2D eigenvalue weighted by Gasteiger charge is 2.34. The van der Waals surface area contributed by atoms with E-state index in [0.717, 1.165) is 6.54 Å². The van der Waals surface area contributed by atoms with E-state index >= 15 is 0 Å². The number of hydrogen-bond acceptors (Lipinski definition) is 4. The first kappa shape index (κ1) is 9.83. The molecule has 0 spiro atoms. The molecule has 4 heteroatoms. The Hall–Kier alpha value is -0.710. The summed E-state index contributed by atoms with van der Waals surface area (Å²) in [5.41, 5.74) is -0.341. The van der Waals surface area contributed by atoms with Crippen LogP contribution in [-0.4, -0.2) is 23.3 Å². The van der Waals surface area contributed by atoms with E-state index in [0.29, 0.717) is 23.4 Å². The smallest absolute Gasteiger partial charge is 0.122 e. The molecule has 1 aliphatic heterocycles. The van der Waals surface area contributed by atoms with Gasteiger partial charge in [-0.2, -0.15) is 0 Å². The Morgan fingerprint density at radius 1 is 1.43 bits per heavy atom. The minimum absolute atomic E-state index is 0.115. The molecular weight excluding hydrogens is 198 g/mol. The molecule has 0 saturated carbocycles. The molecule has 1 unspecified atom stereocenters. The van der Waals surface area contributed by atoms with Gasteiger partial charge in [0.05, 0.1) is 0 Å². The summed E-state index contributed by atoms with van der Waals surface area (Å²) >= 11 is 4.11. The molecule has 1 aliphatic rings. The summed E-state index contributed by atoms with van der Waals surface area (Å²) in [5.74, 6) is 0.115. The van der Waals surface area contributed by atoms with Crippen LogP contribution >= 0.6 is 12.6 Å². The van der Waals surface area contributed by atoms with Crippen LogP contribution in [0.1, 0.15) is 12.0 Å². The van der Waals surface area contributed by atoms with Gasteiger partial charge in [0.25, 0.3) is 0 Å². The SMILES string of the molecule is Oc1cc(S)ccc1C1(O)CCNC1. The quantitative estimate of drug-likeness (QED) is 0.521. The number of rotatable bonds is 1. The van der Waals surface area contributed by atoms with E-state index in [1.807, 2.05) is 0 Å². The van der Waals surface area contributed by atoms with Gasteiger partial charge in [0, 0.05) is 17.0 Å². The molecule has 0 aromatic heterocycles. The molecule has 0 aliphatic carbocycles. The van der Waals surface area contributed by atoms with Gasteiger partial charge in [-0.05, 0) is 25.1 Å². The fraction of sp³-hybridized carbons (Fsp3) is 0.400. The van der Waals surface area contributed by atoms with Crippen molar-refractivity contribution in [3.8, 4) is 5.75 Å². The van der Waals surface area contributed by atoms with Crippen LogP contribution in [0.3, 0.4) is 0 Å². The lowest BCUT2D eigenvalue weighted by molar-refractivity contribution is 0.0561. The van der Waals surface area contributed by atoms with Crippen LogP contribution in [0.4, 0.5) is 0 Å². The number of benzene rings is 1. The Morgan fingerprint density at radius 3 is 2.79 bits per heavy atom. The van der Waals surface area contributed by atoms with E-state index in [2.05, 4.69) is 17.9 Å². The van der Waals surface area contributed by atoms with Crippen LogP contribution in [0.25, 0.3) is 0 Å². The number of phenolic OH excluding ortho intramolecular Hbond substituents is 1. The molecule has 0 radical (unpaired) electrons. The molecule has 2 rings (SSSR count). The highest BCUT2D eigenvalue weighted by molar-refractivity contribution is 7.80. The van der Waals surface area contributed by atoms with Crippen molar-refractivity contribution in [1.82, 2.24) is 5.32 Å². The van der Waals surface area contributed by atoms with Gasteiger partial charge < -0.3 is 15.5 Å². The number of aromatic hydroxyl groups is 1. The fourth-order valence-corrected chi connectivity index (χ4v) is 2.02. The molecule has 0 amide bonds. The number of thiol groups is 1. The molecule has 76 valence electrons. The lowest BCUT2D eigenvalue weighted by atomic mass is 9.92. The van der Waals surface area contributed by atoms with Crippen LogP contribution in [-0.2, 0) is 5.60 Å². The number of phenols is 1. The van der Waals surface area contributed by atoms with Gasteiger partial charge in [-0.15, -0.1) is 12.6 Å². The summed E-state index contributed by atoms with van der Waals surface area (Å²) < 4.78 is 0. The normalized spacial score (nSPS) is 26.7. The van der Waals surface area contributed by atoms with Gasteiger partial charge >= 0.3 is 0 Å². The Bertz CT molecular complexity index is 348. The molecule has 1 aromatic carbocycles. The second-order valence-corrected chi connectivity index (χ2v) is 4.18. The van der Waals surface area contributed by atoms with Crippen molar-refractivity contribution in [2.45, 2.75) is 16.9 Å². The maximum atomic E-state index is 10.2. The third kappa shape index (κ3) is 1.61. The Kier molecular flexibility index (Phi) is 2.43. The molecule has 1 heterocycles. The van der Waals surface area contributed by atoms with Crippen LogP contribution in [0.5, 0.6) is 5.75 Å². The van der Waals surface area contributed by atoms with E-state index in [1.54, 1.807) is 18.2 Å². The van der Waals surface area contributed by atoms with Gasteiger partial charge in [0.15, 0.2) is 0 Å². The van der Waals surface area contributed by atoms with Gasteiger partial charge in [-0.3, -0.25) is 0 Å². The molecule has 1 atom stereocenters. The third-order valence-electron chi connectivity index (χ3n) is 2.62. The summed E-state index contributed by atoms with van der Waals surface area (Å²) in [5, 5.41) is 22.9. The highest BCUT2D eigenvalue weighted by atomic mass is 32.1. The maximum Gasteiger partial charge on any atom is 0.122 e. The Balaban J connectivity index is 2.40. The van der Waals surface area contributed by atoms with Crippen molar-refractivity contribution in [3.63, 3.8) is 0 Å². The monoisotopic (exact) mass is 211 g/mol. The van der Waals surface area contributed by atoms with Gasteiger partial charge in [0.2, 0.25) is 0 Å². The summed E-state index contributed by atoms with van der Waals surface area (Å²) in [6.45, 7) is 1.27. The zero-order valence-corrected chi connectivity index (χ0v) is 8.59. The van der Waals surface area contributed by atoms with E-state index < -0.39 is 5.60 Å². The molecule has 3 nitrogen and oxygen atoms in total. The Labute approximate surface area is 88.2 Å². The fourth-order valence-electron chi connectivity index (χ4n) is 1.82. The molecule has 3 N–H and O–H groups in total. The van der Waals surface area contributed by atoms with Gasteiger partial charge in [0.1, 0.15) is 11.4 Å². The van der Waals surface area contributed by atoms with E-state index in [-0.39, 0.29) is 5.75 Å². The third-order valence-corrected chi connectivity index (χ3v) is 2.89. The lowest BCUT2D eigenvalue weighted by Gasteiger charge is -2.22. The topological polar surface area (TPSA) is 52.5 Å². The van der Waals surface area contributed by atoms with E-state index in [9.17, 15) is 10.2 Å². The summed E-state index contributed by atoms with van der Waals surface area (Å²) in [4.78, 5) is 0.695. The number of β-amino-alcohol motifs (C(OH)–C–C–N with tert-alkyl or cyclic N) is 1. The number of nitrogens with one attached hydrogen (secondary N) is 1. The summed E-state index contributed by atoms with van der Waals surface area (Å²) in [7, 11) is 0. The first-order chi connectivity index (χ1) is 6.62. The summed E-state index contributed by atoms with van der Waals surface area (Å²) in [6.07, 6.45) is 0.631. The van der Waals surface area contributed by atoms with E-state index in [1.165, 1.54) is 0 Å². The first-order valence-electron chi connectivity index (χ1n) is 4.57. The molecule has 0 bridgehead atoms. The maximum absolute atomic E-state index is 10.2. The van der Waals surface area contributed by atoms with Crippen molar-refractivity contribution in [3.05, 3.63) is 23.8 Å². The first-order valence-corrected chi connectivity index (χ1v) is 5.02. The number of aliphatic hydroxyl groups is 1. The van der Waals surface area contributed by atoms with Crippen LogP contribution in [0, 0.1) is 0 Å². The zero-order chi connectivity index (χ0) is 10.2. The van der Waals surface area contributed by atoms with Gasteiger partial charge in [-0.1, -0.05) is 6.07 Å². The van der Waals surface area contributed by atoms with Crippen molar-refractivity contribution >= 4 is 12.6 Å².